The number of anilines is 1. The van der Waals surface area contributed by atoms with Crippen LogP contribution in [0.5, 0.6) is 0 Å². The van der Waals surface area contributed by atoms with Gasteiger partial charge in [0.25, 0.3) is 15.9 Å². The Hall–Kier alpha value is -3.45. The molecular formula is C21H17N3O3S. The van der Waals surface area contributed by atoms with E-state index in [1.165, 1.54) is 6.07 Å². The van der Waals surface area contributed by atoms with E-state index in [0.29, 0.717) is 17.1 Å². The first-order valence-corrected chi connectivity index (χ1v) is 10.1. The summed E-state index contributed by atoms with van der Waals surface area (Å²) in [6, 6.07) is 23.1. The molecule has 4 rings (SSSR count). The van der Waals surface area contributed by atoms with Crippen molar-refractivity contribution in [3.8, 4) is 22.8 Å². The predicted molar refractivity (Wildman–Crippen MR) is 107 cm³/mol. The molecule has 0 saturated carbocycles. The van der Waals surface area contributed by atoms with Crippen molar-refractivity contribution in [3.63, 3.8) is 0 Å². The van der Waals surface area contributed by atoms with Crippen molar-refractivity contribution in [1.29, 1.82) is 0 Å². The summed E-state index contributed by atoms with van der Waals surface area (Å²) in [6.45, 7) is 1.90. The molecule has 0 unspecified atom stereocenters. The SMILES string of the molecule is Cc1cccc(NS(=O)(=O)c2ccccc2-c2nc(-c3ccccc3)no2)c1. The van der Waals surface area contributed by atoms with Gasteiger partial charge in [-0.15, -0.1) is 0 Å². The first-order valence-electron chi connectivity index (χ1n) is 8.61. The van der Waals surface area contributed by atoms with Gasteiger partial charge in [-0.05, 0) is 36.8 Å². The lowest BCUT2D eigenvalue weighted by molar-refractivity contribution is 0.431. The van der Waals surface area contributed by atoms with Gasteiger partial charge in [0.2, 0.25) is 5.82 Å². The molecule has 0 aliphatic heterocycles. The third kappa shape index (κ3) is 3.65. The number of benzene rings is 3. The molecule has 0 aliphatic rings. The minimum absolute atomic E-state index is 0.0692. The Balaban J connectivity index is 1.72. The molecule has 0 fully saturated rings. The van der Waals surface area contributed by atoms with Gasteiger partial charge in [-0.3, -0.25) is 4.72 Å². The molecule has 0 spiro atoms. The molecule has 3 aromatic carbocycles. The Morgan fingerprint density at radius 1 is 0.893 bits per heavy atom. The quantitative estimate of drug-likeness (QED) is 0.541. The van der Waals surface area contributed by atoms with Crippen molar-refractivity contribution in [2.24, 2.45) is 0 Å². The molecule has 0 saturated heterocycles. The van der Waals surface area contributed by atoms with E-state index in [1.807, 2.05) is 43.3 Å². The van der Waals surface area contributed by atoms with Crippen molar-refractivity contribution in [2.45, 2.75) is 11.8 Å². The molecule has 140 valence electrons. The first kappa shape index (κ1) is 17.9. The molecule has 0 bridgehead atoms. The van der Waals surface area contributed by atoms with Crippen LogP contribution in [-0.2, 0) is 10.0 Å². The van der Waals surface area contributed by atoms with Gasteiger partial charge in [0.1, 0.15) is 4.90 Å². The van der Waals surface area contributed by atoms with Gasteiger partial charge in [0, 0.05) is 11.3 Å². The fraction of sp³-hybridized carbons (Fsp3) is 0.0476. The predicted octanol–water partition coefficient (Wildman–Crippen LogP) is 4.51. The smallest absolute Gasteiger partial charge is 0.262 e. The maximum atomic E-state index is 13.0. The third-order valence-corrected chi connectivity index (χ3v) is 5.57. The van der Waals surface area contributed by atoms with Gasteiger partial charge < -0.3 is 4.52 Å². The summed E-state index contributed by atoms with van der Waals surface area (Å²) in [5, 5.41) is 3.98. The number of sulfonamides is 1. The zero-order chi connectivity index (χ0) is 19.6. The Morgan fingerprint density at radius 2 is 1.64 bits per heavy atom. The average molecular weight is 391 g/mol. The summed E-state index contributed by atoms with van der Waals surface area (Å²) in [4.78, 5) is 4.45. The van der Waals surface area contributed by atoms with Crippen LogP contribution in [0.25, 0.3) is 22.8 Å². The second kappa shape index (κ2) is 7.28. The number of nitrogens with zero attached hydrogens (tertiary/aromatic N) is 2. The van der Waals surface area contributed by atoms with Crippen LogP contribution in [0.15, 0.2) is 88.3 Å². The zero-order valence-corrected chi connectivity index (χ0v) is 15.8. The van der Waals surface area contributed by atoms with Crippen LogP contribution in [0.2, 0.25) is 0 Å². The highest BCUT2D eigenvalue weighted by Gasteiger charge is 2.23. The highest BCUT2D eigenvalue weighted by atomic mass is 32.2. The van der Waals surface area contributed by atoms with Gasteiger partial charge in [0.05, 0.1) is 5.56 Å². The van der Waals surface area contributed by atoms with Crippen LogP contribution < -0.4 is 4.72 Å². The third-order valence-electron chi connectivity index (χ3n) is 4.14. The summed E-state index contributed by atoms with van der Waals surface area (Å²) in [7, 11) is -3.84. The number of aryl methyl sites for hydroxylation is 1. The molecule has 0 radical (unpaired) electrons. The largest absolute Gasteiger partial charge is 0.334 e. The first-order chi connectivity index (χ1) is 13.5. The Bertz CT molecular complexity index is 1220. The Labute approximate surface area is 162 Å². The summed E-state index contributed by atoms with van der Waals surface area (Å²) in [5.74, 6) is 0.540. The van der Waals surface area contributed by atoms with Crippen molar-refractivity contribution in [1.82, 2.24) is 10.1 Å². The molecule has 1 aromatic heterocycles. The minimum atomic E-state index is -3.84. The molecule has 1 heterocycles. The van der Waals surface area contributed by atoms with Gasteiger partial charge in [-0.2, -0.15) is 4.98 Å². The molecule has 0 atom stereocenters. The molecule has 6 nitrogen and oxygen atoms in total. The van der Waals surface area contributed by atoms with Crippen LogP contribution in [0, 0.1) is 6.92 Å². The fourth-order valence-corrected chi connectivity index (χ4v) is 4.08. The van der Waals surface area contributed by atoms with E-state index in [4.69, 9.17) is 4.52 Å². The molecule has 4 aromatic rings. The summed E-state index contributed by atoms with van der Waals surface area (Å²) in [5.41, 5.74) is 2.58. The monoisotopic (exact) mass is 391 g/mol. The number of aromatic nitrogens is 2. The molecule has 0 amide bonds. The highest BCUT2D eigenvalue weighted by Crippen LogP contribution is 2.29. The van der Waals surface area contributed by atoms with Gasteiger partial charge >= 0.3 is 0 Å². The van der Waals surface area contributed by atoms with E-state index in [0.717, 1.165) is 11.1 Å². The van der Waals surface area contributed by atoms with Crippen LogP contribution in [0.1, 0.15) is 5.56 Å². The van der Waals surface area contributed by atoms with Crippen molar-refractivity contribution in [2.75, 3.05) is 4.72 Å². The standard InChI is InChI=1S/C21H17N3O3S/c1-15-8-7-11-17(14-15)24-28(25,26)19-13-6-5-12-18(19)21-22-20(23-27-21)16-9-3-2-4-10-16/h2-14,24H,1H3. The second-order valence-corrected chi connectivity index (χ2v) is 7.91. The highest BCUT2D eigenvalue weighted by molar-refractivity contribution is 7.92. The van der Waals surface area contributed by atoms with Crippen LogP contribution >= 0.6 is 0 Å². The van der Waals surface area contributed by atoms with E-state index in [-0.39, 0.29) is 10.8 Å². The lowest BCUT2D eigenvalue weighted by Crippen LogP contribution is -2.14. The van der Waals surface area contributed by atoms with E-state index in [1.54, 1.807) is 36.4 Å². The lowest BCUT2D eigenvalue weighted by Gasteiger charge is -2.10. The van der Waals surface area contributed by atoms with E-state index < -0.39 is 10.0 Å². The summed E-state index contributed by atoms with van der Waals surface area (Å²) < 4.78 is 33.9. The molecule has 1 N–H and O–H groups in total. The lowest BCUT2D eigenvalue weighted by atomic mass is 10.2. The maximum Gasteiger partial charge on any atom is 0.262 e. The van der Waals surface area contributed by atoms with Crippen LogP contribution in [0.3, 0.4) is 0 Å². The van der Waals surface area contributed by atoms with Crippen molar-refractivity contribution < 1.29 is 12.9 Å². The van der Waals surface area contributed by atoms with Crippen molar-refractivity contribution in [3.05, 3.63) is 84.4 Å². The number of hydrogen-bond acceptors (Lipinski definition) is 5. The van der Waals surface area contributed by atoms with Gasteiger partial charge in [0.15, 0.2) is 0 Å². The van der Waals surface area contributed by atoms with Crippen molar-refractivity contribution >= 4 is 15.7 Å². The van der Waals surface area contributed by atoms with E-state index in [9.17, 15) is 8.42 Å². The van der Waals surface area contributed by atoms with Crippen LogP contribution in [0.4, 0.5) is 5.69 Å². The number of rotatable bonds is 5. The van der Waals surface area contributed by atoms with Gasteiger partial charge in [-0.25, -0.2) is 8.42 Å². The fourth-order valence-electron chi connectivity index (χ4n) is 2.83. The molecule has 0 aliphatic carbocycles. The molecule has 7 heteroatoms. The average Bonchev–Trinajstić information content (AvgIpc) is 3.18. The van der Waals surface area contributed by atoms with Crippen LogP contribution in [-0.4, -0.2) is 18.6 Å². The minimum Gasteiger partial charge on any atom is -0.334 e. The van der Waals surface area contributed by atoms with E-state index in [2.05, 4.69) is 14.9 Å². The zero-order valence-electron chi connectivity index (χ0n) is 15.0. The Morgan fingerprint density at radius 3 is 2.43 bits per heavy atom. The normalized spacial score (nSPS) is 11.3. The topological polar surface area (TPSA) is 85.1 Å². The molecular weight excluding hydrogens is 374 g/mol. The Kier molecular flexibility index (Phi) is 4.67. The maximum absolute atomic E-state index is 13.0. The molecule has 28 heavy (non-hydrogen) atoms. The summed E-state index contributed by atoms with van der Waals surface area (Å²) >= 11 is 0. The van der Waals surface area contributed by atoms with E-state index >= 15 is 0 Å². The second-order valence-electron chi connectivity index (χ2n) is 6.26. The number of nitrogens with one attached hydrogen (secondary N) is 1. The number of hydrogen-bond donors (Lipinski definition) is 1. The summed E-state index contributed by atoms with van der Waals surface area (Å²) in [6.07, 6.45) is 0. The van der Waals surface area contributed by atoms with Gasteiger partial charge in [-0.1, -0.05) is 59.8 Å².